The van der Waals surface area contributed by atoms with Crippen LogP contribution in [0, 0.1) is 0 Å². The first-order valence-corrected chi connectivity index (χ1v) is 7.93. The maximum absolute atomic E-state index is 6.47. The molecular weight excluding hydrogens is 272 g/mol. The predicted octanol–water partition coefficient (Wildman–Crippen LogP) is 3.21. The fraction of sp³-hybridized carbons (Fsp3) is 0.625. The largest absolute Gasteiger partial charge is 0.380 e. The molecule has 0 bridgehead atoms. The van der Waals surface area contributed by atoms with Crippen molar-refractivity contribution in [2.45, 2.75) is 44.4 Å². The fourth-order valence-corrected chi connectivity index (χ4v) is 3.14. The number of piperidine rings is 1. The molecule has 0 aromatic heterocycles. The predicted molar refractivity (Wildman–Crippen MR) is 83.6 cm³/mol. The van der Waals surface area contributed by atoms with E-state index in [0.717, 1.165) is 42.8 Å². The van der Waals surface area contributed by atoms with E-state index in [2.05, 4.69) is 28.4 Å². The van der Waals surface area contributed by atoms with Crippen LogP contribution in [0.25, 0.3) is 0 Å². The lowest BCUT2D eigenvalue weighted by molar-refractivity contribution is 0.0893. The van der Waals surface area contributed by atoms with E-state index in [1.165, 1.54) is 24.8 Å². The number of hydrogen-bond acceptors (Lipinski definition) is 3. The van der Waals surface area contributed by atoms with Gasteiger partial charge in [0.25, 0.3) is 0 Å². The Hall–Kier alpha value is -0.770. The molecule has 3 rings (SSSR count). The molecule has 1 unspecified atom stereocenters. The topological polar surface area (TPSA) is 24.5 Å². The molecule has 1 aliphatic heterocycles. The van der Waals surface area contributed by atoms with E-state index in [4.69, 9.17) is 16.3 Å². The maximum Gasteiger partial charge on any atom is 0.0746 e. The summed E-state index contributed by atoms with van der Waals surface area (Å²) in [6, 6.07) is 7.18. The van der Waals surface area contributed by atoms with Gasteiger partial charge in [-0.2, -0.15) is 0 Å². The van der Waals surface area contributed by atoms with Crippen molar-refractivity contribution in [3.8, 4) is 0 Å². The molecule has 1 N–H and O–H groups in total. The number of nitrogens with zero attached hydrogens (tertiary/aromatic N) is 1. The summed E-state index contributed by atoms with van der Waals surface area (Å²) in [4.78, 5) is 2.35. The van der Waals surface area contributed by atoms with Gasteiger partial charge >= 0.3 is 0 Å². The number of anilines is 1. The monoisotopic (exact) mass is 294 g/mol. The van der Waals surface area contributed by atoms with Crippen molar-refractivity contribution in [1.29, 1.82) is 0 Å². The van der Waals surface area contributed by atoms with Crippen molar-refractivity contribution in [3.63, 3.8) is 0 Å². The Morgan fingerprint density at radius 2 is 2.20 bits per heavy atom. The highest BCUT2D eigenvalue weighted by Crippen LogP contribution is 2.30. The standard InChI is InChI=1S/C16H23ClN2O/c1-20-14-3-2-8-19(11-14)16-7-4-12(9-15(16)17)10-18-13-5-6-13/h4,7,9,13-14,18H,2-3,5-6,8,10-11H2,1H3. The van der Waals surface area contributed by atoms with Gasteiger partial charge in [-0.1, -0.05) is 17.7 Å². The van der Waals surface area contributed by atoms with E-state index >= 15 is 0 Å². The zero-order valence-corrected chi connectivity index (χ0v) is 12.8. The van der Waals surface area contributed by atoms with Crippen molar-refractivity contribution in [2.24, 2.45) is 0 Å². The maximum atomic E-state index is 6.47. The minimum atomic E-state index is 0.330. The number of ether oxygens (including phenoxy) is 1. The van der Waals surface area contributed by atoms with Gasteiger partial charge in [-0.15, -0.1) is 0 Å². The fourth-order valence-electron chi connectivity index (χ4n) is 2.82. The molecule has 0 amide bonds. The normalized spacial score (nSPS) is 23.1. The van der Waals surface area contributed by atoms with Crippen LogP contribution in [-0.2, 0) is 11.3 Å². The summed E-state index contributed by atoms with van der Waals surface area (Å²) in [6.07, 6.45) is 5.28. The summed E-state index contributed by atoms with van der Waals surface area (Å²) in [7, 11) is 1.79. The molecule has 1 aliphatic carbocycles. The Kier molecular flexibility index (Phi) is 4.49. The van der Waals surface area contributed by atoms with Crippen LogP contribution in [0.2, 0.25) is 5.02 Å². The second-order valence-corrected chi connectivity index (χ2v) is 6.29. The average Bonchev–Trinajstić information content (AvgIpc) is 3.29. The number of benzene rings is 1. The Labute approximate surface area is 126 Å². The van der Waals surface area contributed by atoms with Crippen LogP contribution in [-0.4, -0.2) is 32.3 Å². The second-order valence-electron chi connectivity index (χ2n) is 5.89. The highest BCUT2D eigenvalue weighted by molar-refractivity contribution is 6.33. The number of hydrogen-bond donors (Lipinski definition) is 1. The smallest absolute Gasteiger partial charge is 0.0746 e. The lowest BCUT2D eigenvalue weighted by atomic mass is 10.1. The number of nitrogens with one attached hydrogen (secondary N) is 1. The molecule has 1 aromatic carbocycles. The third kappa shape index (κ3) is 3.46. The second kappa shape index (κ2) is 6.33. The van der Waals surface area contributed by atoms with Crippen LogP contribution < -0.4 is 10.2 Å². The molecule has 2 aliphatic rings. The number of rotatable bonds is 5. The van der Waals surface area contributed by atoms with Gasteiger partial charge in [0.2, 0.25) is 0 Å². The lowest BCUT2D eigenvalue weighted by Crippen LogP contribution is -2.39. The lowest BCUT2D eigenvalue weighted by Gasteiger charge is -2.34. The third-order valence-corrected chi connectivity index (χ3v) is 4.54. The minimum Gasteiger partial charge on any atom is -0.380 e. The SMILES string of the molecule is COC1CCCN(c2ccc(CNC3CC3)cc2Cl)C1. The van der Waals surface area contributed by atoms with Crippen LogP contribution >= 0.6 is 11.6 Å². The van der Waals surface area contributed by atoms with E-state index in [9.17, 15) is 0 Å². The van der Waals surface area contributed by atoms with E-state index in [1.54, 1.807) is 7.11 Å². The van der Waals surface area contributed by atoms with E-state index < -0.39 is 0 Å². The Morgan fingerprint density at radius 1 is 1.35 bits per heavy atom. The van der Waals surface area contributed by atoms with Crippen LogP contribution in [0.3, 0.4) is 0 Å². The van der Waals surface area contributed by atoms with E-state index in [-0.39, 0.29) is 0 Å². The first-order chi connectivity index (χ1) is 9.76. The quantitative estimate of drug-likeness (QED) is 0.902. The first-order valence-electron chi connectivity index (χ1n) is 7.56. The highest BCUT2D eigenvalue weighted by atomic mass is 35.5. The van der Waals surface area contributed by atoms with Crippen molar-refractivity contribution >= 4 is 17.3 Å². The molecule has 0 radical (unpaired) electrons. The summed E-state index contributed by atoms with van der Waals surface area (Å²) < 4.78 is 5.48. The Morgan fingerprint density at radius 3 is 2.90 bits per heavy atom. The average molecular weight is 295 g/mol. The number of halogens is 1. The summed E-state index contributed by atoms with van der Waals surface area (Å²) in [6.45, 7) is 2.93. The molecule has 1 saturated heterocycles. The van der Waals surface area contributed by atoms with Crippen molar-refractivity contribution in [1.82, 2.24) is 5.32 Å². The zero-order chi connectivity index (χ0) is 13.9. The van der Waals surface area contributed by atoms with Crippen LogP contribution in [0.1, 0.15) is 31.2 Å². The molecule has 1 heterocycles. The van der Waals surface area contributed by atoms with Gasteiger partial charge in [-0.3, -0.25) is 0 Å². The minimum absolute atomic E-state index is 0.330. The molecule has 4 heteroatoms. The molecule has 2 fully saturated rings. The summed E-state index contributed by atoms with van der Waals surface area (Å²) in [5, 5.41) is 4.38. The van der Waals surface area contributed by atoms with Crippen LogP contribution in [0.15, 0.2) is 18.2 Å². The van der Waals surface area contributed by atoms with Gasteiger partial charge in [0.15, 0.2) is 0 Å². The van der Waals surface area contributed by atoms with Crippen molar-refractivity contribution < 1.29 is 4.74 Å². The van der Waals surface area contributed by atoms with Crippen LogP contribution in [0.4, 0.5) is 5.69 Å². The van der Waals surface area contributed by atoms with E-state index in [0.29, 0.717) is 6.10 Å². The third-order valence-electron chi connectivity index (χ3n) is 4.24. The molecule has 1 atom stereocenters. The Bertz CT molecular complexity index is 462. The summed E-state index contributed by atoms with van der Waals surface area (Å²) in [5.74, 6) is 0. The van der Waals surface area contributed by atoms with Gasteiger partial charge in [0, 0.05) is 32.8 Å². The molecule has 3 nitrogen and oxygen atoms in total. The molecule has 0 spiro atoms. The zero-order valence-electron chi connectivity index (χ0n) is 12.1. The van der Waals surface area contributed by atoms with Gasteiger partial charge in [-0.05, 0) is 43.4 Å². The Balaban J connectivity index is 1.66. The summed E-state index contributed by atoms with van der Waals surface area (Å²) >= 11 is 6.47. The van der Waals surface area contributed by atoms with Gasteiger partial charge in [-0.25, -0.2) is 0 Å². The van der Waals surface area contributed by atoms with Crippen molar-refractivity contribution in [3.05, 3.63) is 28.8 Å². The summed E-state index contributed by atoms with van der Waals surface area (Å²) in [5.41, 5.74) is 2.41. The highest BCUT2D eigenvalue weighted by Gasteiger charge is 2.22. The molecule has 1 saturated carbocycles. The molecular formula is C16H23ClN2O. The first kappa shape index (κ1) is 14.2. The van der Waals surface area contributed by atoms with Crippen molar-refractivity contribution in [2.75, 3.05) is 25.1 Å². The van der Waals surface area contributed by atoms with Gasteiger partial charge in [0.05, 0.1) is 16.8 Å². The molecule has 1 aromatic rings. The number of methoxy groups -OCH3 is 1. The van der Waals surface area contributed by atoms with E-state index in [1.807, 2.05) is 0 Å². The van der Waals surface area contributed by atoms with Gasteiger partial charge in [0.1, 0.15) is 0 Å². The molecule has 110 valence electrons. The van der Waals surface area contributed by atoms with Gasteiger partial charge < -0.3 is 15.0 Å². The van der Waals surface area contributed by atoms with Crippen LogP contribution in [0.5, 0.6) is 0 Å². The molecule has 20 heavy (non-hydrogen) atoms.